The van der Waals surface area contributed by atoms with Gasteiger partial charge in [0.25, 0.3) is 5.91 Å². The van der Waals surface area contributed by atoms with E-state index in [0.717, 1.165) is 30.9 Å². The van der Waals surface area contributed by atoms with E-state index < -0.39 is 10.0 Å². The van der Waals surface area contributed by atoms with Crippen LogP contribution >= 0.6 is 0 Å². The Labute approximate surface area is 166 Å². The first-order chi connectivity index (χ1) is 13.5. The maximum absolute atomic E-state index is 12.8. The van der Waals surface area contributed by atoms with E-state index in [1.54, 1.807) is 24.3 Å². The zero-order valence-corrected chi connectivity index (χ0v) is 16.6. The predicted octanol–water partition coefficient (Wildman–Crippen LogP) is 3.47. The number of amides is 1. The van der Waals surface area contributed by atoms with Crippen molar-refractivity contribution in [1.29, 1.82) is 0 Å². The monoisotopic (exact) mass is 399 g/mol. The highest BCUT2D eigenvalue weighted by molar-refractivity contribution is 7.92. The predicted molar refractivity (Wildman–Crippen MR) is 113 cm³/mol. The Hall–Kier alpha value is -2.54. The molecule has 1 N–H and O–H groups in total. The van der Waals surface area contributed by atoms with E-state index in [2.05, 4.69) is 16.3 Å². The van der Waals surface area contributed by atoms with Gasteiger partial charge in [0, 0.05) is 36.6 Å². The van der Waals surface area contributed by atoms with Gasteiger partial charge in [-0.3, -0.25) is 9.10 Å². The lowest BCUT2D eigenvalue weighted by Gasteiger charge is -2.28. The van der Waals surface area contributed by atoms with E-state index in [0.29, 0.717) is 24.2 Å². The molecule has 2 saturated heterocycles. The molecule has 2 heterocycles. The summed E-state index contributed by atoms with van der Waals surface area (Å²) in [4.78, 5) is 15.1. The fraction of sp³-hybridized carbons (Fsp3) is 0.381. The summed E-state index contributed by atoms with van der Waals surface area (Å²) in [5.41, 5.74) is 2.86. The minimum atomic E-state index is -3.30. The van der Waals surface area contributed by atoms with E-state index >= 15 is 0 Å². The van der Waals surface area contributed by atoms with Crippen molar-refractivity contribution in [2.45, 2.75) is 25.7 Å². The van der Waals surface area contributed by atoms with Gasteiger partial charge in [0.05, 0.1) is 11.4 Å². The number of rotatable bonds is 4. The van der Waals surface area contributed by atoms with Crippen LogP contribution in [0.25, 0.3) is 0 Å². The minimum absolute atomic E-state index is 0.159. The first-order valence-corrected chi connectivity index (χ1v) is 11.4. The minimum Gasteiger partial charge on any atom is -0.371 e. The van der Waals surface area contributed by atoms with Crippen LogP contribution in [0.1, 0.15) is 36.0 Å². The van der Waals surface area contributed by atoms with Crippen LogP contribution in [-0.4, -0.2) is 39.7 Å². The van der Waals surface area contributed by atoms with Crippen LogP contribution in [0.15, 0.2) is 48.5 Å². The van der Waals surface area contributed by atoms with Gasteiger partial charge in [0.1, 0.15) is 0 Å². The molecule has 0 bridgehead atoms. The van der Waals surface area contributed by atoms with E-state index in [4.69, 9.17) is 0 Å². The standard InChI is InChI=1S/C21H25N3O3S/c25-21(22-18-8-6-9-19(16-18)23-11-1-2-12-23)17-7-5-10-20(15-17)24-13-3-4-14-28(24,26)27/h5-10,15-16H,1-4,11-14H2,(H,22,25). The lowest BCUT2D eigenvalue weighted by atomic mass is 10.1. The number of carbonyl (C=O) groups is 1. The van der Waals surface area contributed by atoms with Gasteiger partial charge < -0.3 is 10.2 Å². The van der Waals surface area contributed by atoms with E-state index in [-0.39, 0.29) is 11.7 Å². The van der Waals surface area contributed by atoms with Crippen LogP contribution in [0.3, 0.4) is 0 Å². The van der Waals surface area contributed by atoms with Gasteiger partial charge in [0.15, 0.2) is 0 Å². The molecular formula is C21H25N3O3S. The molecule has 1 amide bonds. The molecule has 7 heteroatoms. The first kappa shape index (κ1) is 18.8. The number of carbonyl (C=O) groups excluding carboxylic acids is 1. The summed E-state index contributed by atoms with van der Waals surface area (Å²) in [6.45, 7) is 2.55. The van der Waals surface area contributed by atoms with Crippen molar-refractivity contribution in [1.82, 2.24) is 0 Å². The van der Waals surface area contributed by atoms with Gasteiger partial charge in [-0.05, 0) is 62.1 Å². The third-order valence-electron chi connectivity index (χ3n) is 5.32. The highest BCUT2D eigenvalue weighted by Crippen LogP contribution is 2.26. The highest BCUT2D eigenvalue weighted by atomic mass is 32.2. The molecule has 2 aliphatic heterocycles. The molecule has 0 radical (unpaired) electrons. The molecule has 0 aliphatic carbocycles. The number of nitrogens with zero attached hydrogens (tertiary/aromatic N) is 2. The summed E-state index contributed by atoms with van der Waals surface area (Å²) in [6, 6.07) is 14.7. The number of sulfonamides is 1. The zero-order valence-electron chi connectivity index (χ0n) is 15.8. The van der Waals surface area contributed by atoms with Crippen LogP contribution < -0.4 is 14.5 Å². The number of nitrogens with one attached hydrogen (secondary N) is 1. The first-order valence-electron chi connectivity index (χ1n) is 9.80. The smallest absolute Gasteiger partial charge is 0.255 e. The number of anilines is 3. The van der Waals surface area contributed by atoms with E-state index in [1.165, 1.54) is 17.1 Å². The van der Waals surface area contributed by atoms with Gasteiger partial charge in [-0.25, -0.2) is 8.42 Å². The topological polar surface area (TPSA) is 69.7 Å². The summed E-state index contributed by atoms with van der Waals surface area (Å²) in [5.74, 6) is -0.0815. The third-order valence-corrected chi connectivity index (χ3v) is 7.19. The molecule has 0 spiro atoms. The average molecular weight is 400 g/mol. The zero-order chi connectivity index (χ0) is 19.6. The largest absolute Gasteiger partial charge is 0.371 e. The quantitative estimate of drug-likeness (QED) is 0.855. The Morgan fingerprint density at radius 1 is 0.857 bits per heavy atom. The van der Waals surface area contributed by atoms with E-state index in [1.807, 2.05) is 18.2 Å². The second kappa shape index (κ2) is 7.83. The Morgan fingerprint density at radius 3 is 2.36 bits per heavy atom. The van der Waals surface area contributed by atoms with Gasteiger partial charge in [-0.2, -0.15) is 0 Å². The Kier molecular flexibility index (Phi) is 5.26. The van der Waals surface area contributed by atoms with Crippen LogP contribution in [0.4, 0.5) is 17.1 Å². The van der Waals surface area contributed by atoms with Crippen molar-refractivity contribution in [3.05, 3.63) is 54.1 Å². The van der Waals surface area contributed by atoms with Gasteiger partial charge in [0.2, 0.25) is 10.0 Å². The van der Waals surface area contributed by atoms with Crippen LogP contribution in [-0.2, 0) is 10.0 Å². The van der Waals surface area contributed by atoms with Crippen molar-refractivity contribution < 1.29 is 13.2 Å². The average Bonchev–Trinajstić information content (AvgIpc) is 3.23. The second-order valence-electron chi connectivity index (χ2n) is 7.34. The van der Waals surface area contributed by atoms with Gasteiger partial charge >= 0.3 is 0 Å². The molecule has 6 nitrogen and oxygen atoms in total. The molecule has 2 aromatic carbocycles. The summed E-state index contributed by atoms with van der Waals surface area (Å²) < 4.78 is 26.1. The van der Waals surface area contributed by atoms with Crippen LogP contribution in [0, 0.1) is 0 Å². The molecule has 2 aromatic rings. The molecule has 2 aliphatic rings. The van der Waals surface area contributed by atoms with Crippen LogP contribution in [0.2, 0.25) is 0 Å². The second-order valence-corrected chi connectivity index (χ2v) is 9.36. The van der Waals surface area contributed by atoms with Crippen LogP contribution in [0.5, 0.6) is 0 Å². The molecule has 0 unspecified atom stereocenters. The third kappa shape index (κ3) is 3.99. The molecule has 28 heavy (non-hydrogen) atoms. The summed E-state index contributed by atoms with van der Waals surface area (Å²) in [5, 5.41) is 2.94. The van der Waals surface area contributed by atoms with E-state index in [9.17, 15) is 13.2 Å². The summed E-state index contributed by atoms with van der Waals surface area (Å²) in [6.07, 6.45) is 3.91. The summed E-state index contributed by atoms with van der Waals surface area (Å²) in [7, 11) is -3.30. The van der Waals surface area contributed by atoms with Crippen molar-refractivity contribution in [2.24, 2.45) is 0 Å². The fourth-order valence-electron chi connectivity index (χ4n) is 3.84. The number of hydrogen-bond acceptors (Lipinski definition) is 4. The molecule has 0 aromatic heterocycles. The Bertz CT molecular complexity index is 968. The molecule has 0 saturated carbocycles. The SMILES string of the molecule is O=C(Nc1cccc(N2CCCC2)c1)c1cccc(N2CCCCS2(=O)=O)c1. The van der Waals surface area contributed by atoms with Crippen molar-refractivity contribution in [3.63, 3.8) is 0 Å². The number of hydrogen-bond donors (Lipinski definition) is 1. The van der Waals surface area contributed by atoms with Crippen molar-refractivity contribution >= 4 is 33.0 Å². The number of benzene rings is 2. The Balaban J connectivity index is 1.52. The normalized spacial score (nSPS) is 18.9. The maximum atomic E-state index is 12.8. The molecular weight excluding hydrogens is 374 g/mol. The molecule has 0 atom stereocenters. The molecule has 148 valence electrons. The molecule has 2 fully saturated rings. The Morgan fingerprint density at radius 2 is 1.57 bits per heavy atom. The fourth-order valence-corrected chi connectivity index (χ4v) is 5.47. The van der Waals surface area contributed by atoms with Crippen molar-refractivity contribution in [2.75, 3.05) is 39.9 Å². The van der Waals surface area contributed by atoms with Gasteiger partial charge in [-0.1, -0.05) is 12.1 Å². The maximum Gasteiger partial charge on any atom is 0.255 e. The van der Waals surface area contributed by atoms with Crippen molar-refractivity contribution in [3.8, 4) is 0 Å². The lowest BCUT2D eigenvalue weighted by molar-refractivity contribution is 0.102. The molecule has 4 rings (SSSR count). The lowest BCUT2D eigenvalue weighted by Crippen LogP contribution is -2.37. The summed E-state index contributed by atoms with van der Waals surface area (Å²) >= 11 is 0. The highest BCUT2D eigenvalue weighted by Gasteiger charge is 2.26. The van der Waals surface area contributed by atoms with Gasteiger partial charge in [-0.15, -0.1) is 0 Å².